The van der Waals surface area contributed by atoms with Crippen LogP contribution in [0.1, 0.15) is 46.5 Å². The maximum atomic E-state index is 12.8. The van der Waals surface area contributed by atoms with Crippen LogP contribution in [0.2, 0.25) is 5.02 Å². The number of halogens is 1. The second-order valence-electron chi connectivity index (χ2n) is 4.94. The first kappa shape index (κ1) is 14.8. The summed E-state index contributed by atoms with van der Waals surface area (Å²) in [7, 11) is 0. The molecule has 0 spiro atoms. The number of hydrogen-bond donors (Lipinski definition) is 0. The van der Waals surface area contributed by atoms with E-state index in [0.29, 0.717) is 10.6 Å². The molecule has 0 saturated heterocycles. The van der Waals surface area contributed by atoms with Crippen LogP contribution in [0.5, 0.6) is 0 Å². The van der Waals surface area contributed by atoms with Crippen molar-refractivity contribution in [2.24, 2.45) is 0 Å². The van der Waals surface area contributed by atoms with Crippen molar-refractivity contribution in [2.75, 3.05) is 0 Å². The predicted octanol–water partition coefficient (Wildman–Crippen LogP) is 5.00. The van der Waals surface area contributed by atoms with Gasteiger partial charge in [0.05, 0.1) is 0 Å². The van der Waals surface area contributed by atoms with Crippen LogP contribution in [-0.4, -0.2) is 5.78 Å². The van der Waals surface area contributed by atoms with E-state index in [2.05, 4.69) is 26.0 Å². The first-order valence-electron chi connectivity index (χ1n) is 7.00. The SMILES string of the molecule is CCc1ccc(CC)c(C(=O)c2cccc(Cl)c2C)c1. The number of rotatable bonds is 4. The molecule has 0 atom stereocenters. The minimum Gasteiger partial charge on any atom is -0.289 e. The minimum absolute atomic E-state index is 0.0668. The molecule has 0 aromatic heterocycles. The Morgan fingerprint density at radius 3 is 2.45 bits per heavy atom. The molecule has 2 rings (SSSR count). The van der Waals surface area contributed by atoms with Crippen LogP contribution in [0.3, 0.4) is 0 Å². The number of carbonyl (C=O) groups is 1. The highest BCUT2D eigenvalue weighted by Gasteiger charge is 2.16. The highest BCUT2D eigenvalue weighted by atomic mass is 35.5. The topological polar surface area (TPSA) is 17.1 Å². The molecule has 0 aliphatic heterocycles. The summed E-state index contributed by atoms with van der Waals surface area (Å²) in [5.41, 5.74) is 4.62. The minimum atomic E-state index is 0.0668. The second kappa shape index (κ2) is 6.23. The lowest BCUT2D eigenvalue weighted by Gasteiger charge is -2.11. The van der Waals surface area contributed by atoms with Crippen molar-refractivity contribution in [3.05, 3.63) is 69.2 Å². The average Bonchev–Trinajstić information content (AvgIpc) is 2.48. The molecule has 0 aliphatic carbocycles. The van der Waals surface area contributed by atoms with Gasteiger partial charge in [0.1, 0.15) is 0 Å². The van der Waals surface area contributed by atoms with Crippen LogP contribution in [0.25, 0.3) is 0 Å². The zero-order chi connectivity index (χ0) is 14.7. The number of ketones is 1. The van der Waals surface area contributed by atoms with Crippen LogP contribution in [0, 0.1) is 6.92 Å². The first-order valence-corrected chi connectivity index (χ1v) is 7.37. The van der Waals surface area contributed by atoms with E-state index in [0.717, 1.165) is 29.5 Å². The molecule has 0 amide bonds. The molecule has 0 aliphatic rings. The third-order valence-corrected chi connectivity index (χ3v) is 4.13. The van der Waals surface area contributed by atoms with Gasteiger partial charge in [0.15, 0.2) is 5.78 Å². The van der Waals surface area contributed by atoms with Gasteiger partial charge in [-0.25, -0.2) is 0 Å². The zero-order valence-corrected chi connectivity index (χ0v) is 12.9. The number of hydrogen-bond acceptors (Lipinski definition) is 1. The van der Waals surface area contributed by atoms with Gasteiger partial charge in [0.2, 0.25) is 0 Å². The number of carbonyl (C=O) groups excluding carboxylic acids is 1. The van der Waals surface area contributed by atoms with E-state index in [4.69, 9.17) is 11.6 Å². The van der Waals surface area contributed by atoms with Crippen LogP contribution in [-0.2, 0) is 12.8 Å². The van der Waals surface area contributed by atoms with E-state index in [1.54, 1.807) is 0 Å². The van der Waals surface area contributed by atoms with Crippen LogP contribution in [0.15, 0.2) is 36.4 Å². The lowest BCUT2D eigenvalue weighted by atomic mass is 9.92. The molecule has 0 N–H and O–H groups in total. The fourth-order valence-corrected chi connectivity index (χ4v) is 2.54. The van der Waals surface area contributed by atoms with E-state index in [1.165, 1.54) is 5.56 Å². The quantitative estimate of drug-likeness (QED) is 0.723. The van der Waals surface area contributed by atoms with Crippen molar-refractivity contribution in [1.82, 2.24) is 0 Å². The molecule has 0 radical (unpaired) electrons. The van der Waals surface area contributed by atoms with Crippen LogP contribution < -0.4 is 0 Å². The Morgan fingerprint density at radius 1 is 1.05 bits per heavy atom. The molecule has 1 nitrogen and oxygen atoms in total. The van der Waals surface area contributed by atoms with E-state index < -0.39 is 0 Å². The molecule has 0 bridgehead atoms. The predicted molar refractivity (Wildman–Crippen MR) is 84.8 cm³/mol. The normalized spacial score (nSPS) is 10.6. The first-order chi connectivity index (χ1) is 9.58. The maximum absolute atomic E-state index is 12.8. The van der Waals surface area contributed by atoms with Crippen LogP contribution >= 0.6 is 11.6 Å². The standard InChI is InChI=1S/C18H19ClO/c1-4-13-9-10-14(5-2)16(11-13)18(20)15-7-6-8-17(19)12(15)3/h6-11H,4-5H2,1-3H3. The largest absolute Gasteiger partial charge is 0.289 e. The van der Waals surface area contributed by atoms with E-state index in [-0.39, 0.29) is 5.78 Å². The van der Waals surface area contributed by atoms with Crippen LogP contribution in [0.4, 0.5) is 0 Å². The van der Waals surface area contributed by atoms with E-state index in [1.807, 2.05) is 31.2 Å². The Kier molecular flexibility index (Phi) is 4.61. The molecular weight excluding hydrogens is 268 g/mol. The molecule has 0 heterocycles. The van der Waals surface area contributed by atoms with Gasteiger partial charge in [-0.2, -0.15) is 0 Å². The molecule has 2 heteroatoms. The third-order valence-electron chi connectivity index (χ3n) is 3.72. The molecular formula is C18H19ClO. The van der Waals surface area contributed by atoms with Crippen molar-refractivity contribution in [3.8, 4) is 0 Å². The Bertz CT molecular complexity index is 644. The lowest BCUT2D eigenvalue weighted by Crippen LogP contribution is -2.08. The summed E-state index contributed by atoms with van der Waals surface area (Å²) < 4.78 is 0. The number of benzene rings is 2. The average molecular weight is 287 g/mol. The molecule has 0 saturated carbocycles. The smallest absolute Gasteiger partial charge is 0.193 e. The van der Waals surface area contributed by atoms with Crippen molar-refractivity contribution < 1.29 is 4.79 Å². The molecule has 20 heavy (non-hydrogen) atoms. The summed E-state index contributed by atoms with van der Waals surface area (Å²) in [4.78, 5) is 12.8. The van der Waals surface area contributed by atoms with Crippen molar-refractivity contribution in [1.29, 1.82) is 0 Å². The molecule has 104 valence electrons. The van der Waals surface area contributed by atoms with E-state index in [9.17, 15) is 4.79 Å². The van der Waals surface area contributed by atoms with Gasteiger partial charge in [-0.3, -0.25) is 4.79 Å². The van der Waals surface area contributed by atoms with Gasteiger partial charge in [0.25, 0.3) is 0 Å². The highest BCUT2D eigenvalue weighted by molar-refractivity contribution is 6.32. The summed E-state index contributed by atoms with van der Waals surface area (Å²) in [5, 5.41) is 0.639. The van der Waals surface area contributed by atoms with Crippen molar-refractivity contribution in [3.63, 3.8) is 0 Å². The van der Waals surface area contributed by atoms with E-state index >= 15 is 0 Å². The van der Waals surface area contributed by atoms with Gasteiger partial charge in [0, 0.05) is 16.1 Å². The summed E-state index contributed by atoms with van der Waals surface area (Å²) in [5.74, 6) is 0.0668. The molecule has 2 aromatic rings. The molecule has 0 fully saturated rings. The Morgan fingerprint density at radius 2 is 1.80 bits per heavy atom. The fraction of sp³-hybridized carbons (Fsp3) is 0.278. The van der Waals surface area contributed by atoms with Gasteiger partial charge in [-0.15, -0.1) is 0 Å². The zero-order valence-electron chi connectivity index (χ0n) is 12.2. The molecule has 0 unspecified atom stereocenters. The van der Waals surface area contributed by atoms with Gasteiger partial charge in [-0.05, 0) is 48.6 Å². The third kappa shape index (κ3) is 2.78. The number of aryl methyl sites for hydroxylation is 2. The molecule has 2 aromatic carbocycles. The monoisotopic (exact) mass is 286 g/mol. The summed E-state index contributed by atoms with van der Waals surface area (Å²) in [6, 6.07) is 11.7. The Hall–Kier alpha value is -1.60. The summed E-state index contributed by atoms with van der Waals surface area (Å²) >= 11 is 6.13. The van der Waals surface area contributed by atoms with Gasteiger partial charge >= 0.3 is 0 Å². The Labute approximate surface area is 125 Å². The summed E-state index contributed by atoms with van der Waals surface area (Å²) in [6.45, 7) is 6.06. The maximum Gasteiger partial charge on any atom is 0.193 e. The second-order valence-corrected chi connectivity index (χ2v) is 5.35. The summed E-state index contributed by atoms with van der Waals surface area (Å²) in [6.07, 6.45) is 1.78. The lowest BCUT2D eigenvalue weighted by molar-refractivity contribution is 0.103. The van der Waals surface area contributed by atoms with Crippen molar-refractivity contribution >= 4 is 17.4 Å². The fourth-order valence-electron chi connectivity index (χ4n) is 2.36. The Balaban J connectivity index is 2.55. The van der Waals surface area contributed by atoms with Gasteiger partial charge < -0.3 is 0 Å². The van der Waals surface area contributed by atoms with Gasteiger partial charge in [-0.1, -0.05) is 49.7 Å². The van der Waals surface area contributed by atoms with Crippen molar-refractivity contribution in [2.45, 2.75) is 33.6 Å². The highest BCUT2D eigenvalue weighted by Crippen LogP contribution is 2.24.